The molecule has 0 radical (unpaired) electrons. The maximum Gasteiger partial charge on any atom is 0.416 e. The van der Waals surface area contributed by atoms with Crippen molar-refractivity contribution in [3.63, 3.8) is 0 Å². The number of hydrogen-bond acceptors (Lipinski definition) is 6. The molecule has 2 fully saturated rings. The first-order chi connectivity index (χ1) is 19.0. The van der Waals surface area contributed by atoms with Crippen LogP contribution >= 0.6 is 0 Å². The number of alkyl halides is 3. The van der Waals surface area contributed by atoms with Crippen LogP contribution in [0.15, 0.2) is 24.5 Å². The number of nitrogens with zero attached hydrogens (tertiary/aromatic N) is 2. The monoisotopic (exact) mass is 559 g/mol. The first kappa shape index (κ1) is 27.9. The van der Waals surface area contributed by atoms with Crippen LogP contribution in [0, 0.1) is 18.8 Å². The highest BCUT2D eigenvalue weighted by atomic mass is 19.4. The van der Waals surface area contributed by atoms with E-state index < -0.39 is 24.3 Å². The molecule has 2 aliphatic carbocycles. The molecule has 0 spiro atoms. The van der Waals surface area contributed by atoms with Gasteiger partial charge in [0.25, 0.3) is 5.91 Å². The molecule has 3 aromatic rings. The lowest BCUT2D eigenvalue weighted by Gasteiger charge is -2.35. The van der Waals surface area contributed by atoms with E-state index in [-0.39, 0.29) is 40.9 Å². The number of carbonyl (C=O) groups excluding carboxylic acids is 2. The van der Waals surface area contributed by atoms with Gasteiger partial charge < -0.3 is 25.5 Å². The fourth-order valence-corrected chi connectivity index (χ4v) is 5.37. The fourth-order valence-electron chi connectivity index (χ4n) is 5.37. The van der Waals surface area contributed by atoms with Crippen molar-refractivity contribution in [1.29, 1.82) is 0 Å². The Hall–Kier alpha value is -3.67. The van der Waals surface area contributed by atoms with Crippen LogP contribution in [0.4, 0.5) is 13.2 Å². The van der Waals surface area contributed by atoms with E-state index in [0.717, 1.165) is 25.0 Å². The number of amides is 2. The molecular weight excluding hydrogens is 527 g/mol. The number of benzene rings is 1. The van der Waals surface area contributed by atoms with Crippen molar-refractivity contribution < 1.29 is 32.6 Å². The number of carbonyl (C=O) groups is 2. The summed E-state index contributed by atoms with van der Waals surface area (Å²) in [6, 6.07) is 3.12. The number of rotatable bonds is 8. The van der Waals surface area contributed by atoms with E-state index >= 15 is 0 Å². The lowest BCUT2D eigenvalue weighted by molar-refractivity contribution is -0.137. The minimum atomic E-state index is -4.55. The molecule has 2 aliphatic rings. The quantitative estimate of drug-likeness (QED) is 0.328. The molecule has 214 valence electrons. The van der Waals surface area contributed by atoms with Gasteiger partial charge in [-0.05, 0) is 69.1 Å². The Morgan fingerprint density at radius 2 is 1.93 bits per heavy atom. The first-order valence-corrected chi connectivity index (χ1v) is 13.4. The number of H-pyrrole nitrogens is 1. The Bertz CT molecular complexity index is 1420. The molecule has 2 heterocycles. The SMILES string of the molecule is Cc1[nH]c2c(-c3cc(C(F)(F)F)ccc3OCC3CC3)ncnc2c1C(=O)N[C@H]1CC[C@H](NC(=O)CO)C[C@H]1C. The van der Waals surface area contributed by atoms with Crippen molar-refractivity contribution in [3.8, 4) is 17.0 Å². The lowest BCUT2D eigenvalue weighted by Crippen LogP contribution is -2.48. The number of aryl methyl sites for hydroxylation is 1. The number of hydrogen-bond donors (Lipinski definition) is 4. The van der Waals surface area contributed by atoms with E-state index in [9.17, 15) is 22.8 Å². The van der Waals surface area contributed by atoms with Gasteiger partial charge in [-0.1, -0.05) is 6.92 Å². The third-order valence-corrected chi connectivity index (χ3v) is 7.73. The molecule has 2 aromatic heterocycles. The van der Waals surface area contributed by atoms with Crippen LogP contribution in [0.5, 0.6) is 5.75 Å². The summed E-state index contributed by atoms with van der Waals surface area (Å²) in [5.74, 6) is -0.0264. The zero-order chi connectivity index (χ0) is 28.6. The van der Waals surface area contributed by atoms with Crippen molar-refractivity contribution in [2.24, 2.45) is 11.8 Å². The molecule has 40 heavy (non-hydrogen) atoms. The molecular formula is C28H32F3N5O4. The number of aliphatic hydroxyl groups is 1. The van der Waals surface area contributed by atoms with E-state index in [0.29, 0.717) is 54.1 Å². The van der Waals surface area contributed by atoms with Gasteiger partial charge >= 0.3 is 6.18 Å². The van der Waals surface area contributed by atoms with Crippen molar-refractivity contribution in [3.05, 3.63) is 41.3 Å². The minimum Gasteiger partial charge on any atom is -0.493 e. The van der Waals surface area contributed by atoms with Crippen molar-refractivity contribution >= 4 is 22.8 Å². The molecule has 0 saturated heterocycles. The predicted octanol–water partition coefficient (Wildman–Crippen LogP) is 4.14. The summed E-state index contributed by atoms with van der Waals surface area (Å²) in [5.41, 5.74) is 1.04. The largest absolute Gasteiger partial charge is 0.493 e. The summed E-state index contributed by atoms with van der Waals surface area (Å²) in [4.78, 5) is 36.8. The average Bonchev–Trinajstić information content (AvgIpc) is 3.67. The molecule has 2 amide bonds. The Labute approximate surface area is 228 Å². The van der Waals surface area contributed by atoms with Crippen LogP contribution in [0.1, 0.15) is 60.6 Å². The van der Waals surface area contributed by atoms with Gasteiger partial charge in [0.1, 0.15) is 29.9 Å². The normalized spacial score (nSPS) is 21.3. The molecule has 1 aromatic carbocycles. The van der Waals surface area contributed by atoms with Crippen molar-refractivity contribution in [1.82, 2.24) is 25.6 Å². The summed E-state index contributed by atoms with van der Waals surface area (Å²) in [7, 11) is 0. The zero-order valence-corrected chi connectivity index (χ0v) is 22.3. The molecule has 9 nitrogen and oxygen atoms in total. The number of ether oxygens (including phenoxy) is 1. The second-order valence-corrected chi connectivity index (χ2v) is 10.8. The summed E-state index contributed by atoms with van der Waals surface area (Å²) < 4.78 is 46.8. The van der Waals surface area contributed by atoms with Crippen LogP contribution in [0.2, 0.25) is 0 Å². The third-order valence-electron chi connectivity index (χ3n) is 7.73. The molecule has 5 rings (SSSR count). The van der Waals surface area contributed by atoms with E-state index in [1.807, 2.05) is 6.92 Å². The second kappa shape index (κ2) is 11.1. The van der Waals surface area contributed by atoms with Gasteiger partial charge in [0.15, 0.2) is 0 Å². The summed E-state index contributed by atoms with van der Waals surface area (Å²) >= 11 is 0. The molecule has 0 aliphatic heterocycles. The highest BCUT2D eigenvalue weighted by molar-refractivity contribution is 6.09. The number of nitrogens with one attached hydrogen (secondary N) is 3. The summed E-state index contributed by atoms with van der Waals surface area (Å²) in [6.45, 7) is 3.54. The smallest absolute Gasteiger partial charge is 0.416 e. The van der Waals surface area contributed by atoms with Crippen LogP contribution in [0.3, 0.4) is 0 Å². The van der Waals surface area contributed by atoms with Gasteiger partial charge in [-0.2, -0.15) is 13.2 Å². The minimum absolute atomic E-state index is 0.0636. The summed E-state index contributed by atoms with van der Waals surface area (Å²) in [6.07, 6.45) is 0.679. The van der Waals surface area contributed by atoms with E-state index in [4.69, 9.17) is 9.84 Å². The van der Waals surface area contributed by atoms with Crippen LogP contribution in [-0.4, -0.2) is 57.2 Å². The molecule has 4 N–H and O–H groups in total. The lowest BCUT2D eigenvalue weighted by atomic mass is 9.82. The Balaban J connectivity index is 1.43. The number of aliphatic hydroxyl groups excluding tert-OH is 1. The van der Waals surface area contributed by atoms with E-state index in [1.165, 1.54) is 12.4 Å². The predicted molar refractivity (Wildman–Crippen MR) is 141 cm³/mol. The summed E-state index contributed by atoms with van der Waals surface area (Å²) in [5, 5.41) is 14.9. The van der Waals surface area contributed by atoms with E-state index in [2.05, 4.69) is 25.6 Å². The number of aromatic amines is 1. The van der Waals surface area contributed by atoms with Gasteiger partial charge in [0.2, 0.25) is 5.91 Å². The number of aromatic nitrogens is 3. The molecule has 2 saturated carbocycles. The maximum atomic E-state index is 13.6. The average molecular weight is 560 g/mol. The van der Waals surface area contributed by atoms with Gasteiger partial charge in [-0.3, -0.25) is 9.59 Å². The maximum absolute atomic E-state index is 13.6. The fraction of sp³-hybridized carbons (Fsp3) is 0.500. The Morgan fingerprint density at radius 3 is 2.60 bits per heavy atom. The molecule has 0 bridgehead atoms. The van der Waals surface area contributed by atoms with E-state index in [1.54, 1.807) is 6.92 Å². The highest BCUT2D eigenvalue weighted by Crippen LogP contribution is 2.40. The van der Waals surface area contributed by atoms with Gasteiger partial charge in [-0.25, -0.2) is 9.97 Å². The molecule has 3 atom stereocenters. The Kier molecular flexibility index (Phi) is 7.72. The topological polar surface area (TPSA) is 129 Å². The number of halogens is 3. The zero-order valence-electron chi connectivity index (χ0n) is 22.3. The van der Waals surface area contributed by atoms with Crippen molar-refractivity contribution in [2.75, 3.05) is 13.2 Å². The molecule has 0 unspecified atom stereocenters. The molecule has 12 heteroatoms. The van der Waals surface area contributed by atoms with Gasteiger partial charge in [0, 0.05) is 23.3 Å². The first-order valence-electron chi connectivity index (χ1n) is 13.4. The van der Waals surface area contributed by atoms with Crippen LogP contribution in [-0.2, 0) is 11.0 Å². The third kappa shape index (κ3) is 5.91. The van der Waals surface area contributed by atoms with Crippen LogP contribution < -0.4 is 15.4 Å². The highest BCUT2D eigenvalue weighted by Gasteiger charge is 2.34. The number of fused-ring (bicyclic) bond motifs is 1. The standard InChI is InChI=1S/C28H32F3N5O4/c1-14-9-18(35-22(38)11-37)6-7-20(14)36-27(39)23-15(2)34-26-24(32-13-33-25(23)26)19-10-17(28(29,30)31)5-8-21(19)40-12-16-3-4-16/h5,8,10,13-14,16,18,20,34,37H,3-4,6-7,9,11-12H2,1-2H3,(H,35,38)(H,36,39)/t14-,18+,20+/m1/s1. The van der Waals surface area contributed by atoms with Gasteiger partial charge in [-0.15, -0.1) is 0 Å². The van der Waals surface area contributed by atoms with Crippen LogP contribution in [0.25, 0.3) is 22.3 Å². The second-order valence-electron chi connectivity index (χ2n) is 10.8. The van der Waals surface area contributed by atoms with Gasteiger partial charge in [0.05, 0.1) is 23.3 Å². The van der Waals surface area contributed by atoms with Crippen molar-refractivity contribution in [2.45, 2.75) is 64.2 Å². The Morgan fingerprint density at radius 1 is 1.15 bits per heavy atom.